The molecule has 0 saturated carbocycles. The van der Waals surface area contributed by atoms with E-state index in [-0.39, 0.29) is 6.61 Å². The van der Waals surface area contributed by atoms with Crippen molar-refractivity contribution >= 4 is 64.0 Å². The van der Waals surface area contributed by atoms with Gasteiger partial charge in [-0.2, -0.15) is 0 Å². The molecule has 0 saturated heterocycles. The van der Waals surface area contributed by atoms with Crippen LogP contribution < -0.4 is 5.32 Å². The van der Waals surface area contributed by atoms with Crippen LogP contribution in [0.3, 0.4) is 0 Å². The Hall–Kier alpha value is -1.46. The lowest BCUT2D eigenvalue weighted by Crippen LogP contribution is -2.28. The van der Waals surface area contributed by atoms with Crippen molar-refractivity contribution < 1.29 is 14.3 Å². The molecule has 0 unspecified atom stereocenters. The van der Waals surface area contributed by atoms with Crippen LogP contribution in [0.2, 0.25) is 5.02 Å². The van der Waals surface area contributed by atoms with E-state index in [1.165, 1.54) is 0 Å². The van der Waals surface area contributed by atoms with Gasteiger partial charge in [0.1, 0.15) is 0 Å². The molecule has 0 spiro atoms. The number of hydrogen-bond donors (Lipinski definition) is 1. The maximum atomic E-state index is 12.5. The van der Waals surface area contributed by atoms with Crippen LogP contribution in [0.5, 0.6) is 0 Å². The first-order chi connectivity index (χ1) is 12.3. The Bertz CT molecular complexity index is 808. The molecule has 2 aromatic carbocycles. The number of nitrogens with one attached hydrogen (secondary N) is 1. The molecule has 3 rings (SSSR count). The Morgan fingerprint density at radius 3 is 2.46 bits per heavy atom. The normalized spacial score (nSPS) is 15.0. The first-order valence-corrected chi connectivity index (χ1v) is 9.32. The highest BCUT2D eigenvalue weighted by Gasteiger charge is 2.35. The van der Waals surface area contributed by atoms with Crippen LogP contribution in [-0.4, -0.2) is 22.8 Å². The minimum absolute atomic E-state index is 0.214. The standard InChI is InChI=1S/C17H14ClNO3.CHCl3/c1-2-22-17(21)15-13-9-10(18)7-8-11(13)12-5-3-4-6-14(12)19-16(15)20;2-1(3)4/h3-9,15H,2H2,1H3,(H,19,20);1H/t15-;/m0./s1. The highest BCUT2D eigenvalue weighted by Crippen LogP contribution is 2.39. The predicted molar refractivity (Wildman–Crippen MR) is 106 cm³/mol. The Kier molecular flexibility index (Phi) is 7.59. The smallest absolute Gasteiger partial charge is 0.323 e. The molecular formula is C18H15Cl4NO3. The number of esters is 1. The molecule has 1 N–H and O–H groups in total. The van der Waals surface area contributed by atoms with Gasteiger partial charge in [0.25, 0.3) is 0 Å². The molecule has 1 atom stereocenters. The number of rotatable bonds is 2. The third-order valence-corrected chi connectivity index (χ3v) is 3.82. The number of halogens is 4. The van der Waals surface area contributed by atoms with Gasteiger partial charge in [0.15, 0.2) is 10.2 Å². The fourth-order valence-electron chi connectivity index (χ4n) is 2.65. The third kappa shape index (κ3) is 5.04. The summed E-state index contributed by atoms with van der Waals surface area (Å²) in [5.74, 6) is -2.01. The van der Waals surface area contributed by atoms with Crippen LogP contribution in [0.15, 0.2) is 42.5 Å². The average Bonchev–Trinajstić information content (AvgIpc) is 2.67. The molecule has 1 amide bonds. The average molecular weight is 435 g/mol. The van der Waals surface area contributed by atoms with E-state index >= 15 is 0 Å². The van der Waals surface area contributed by atoms with Gasteiger partial charge >= 0.3 is 5.97 Å². The number of fused-ring (bicyclic) bond motifs is 3. The van der Waals surface area contributed by atoms with Crippen molar-refractivity contribution in [2.24, 2.45) is 0 Å². The number of amides is 1. The summed E-state index contributed by atoms with van der Waals surface area (Å²) in [4.78, 5) is 24.8. The van der Waals surface area contributed by atoms with E-state index in [1.807, 2.05) is 24.3 Å². The molecule has 0 bridgehead atoms. The highest BCUT2D eigenvalue weighted by atomic mass is 35.6. The maximum Gasteiger partial charge on any atom is 0.323 e. The third-order valence-electron chi connectivity index (χ3n) is 3.58. The maximum absolute atomic E-state index is 12.5. The molecule has 0 aromatic heterocycles. The van der Waals surface area contributed by atoms with Crippen molar-refractivity contribution in [1.29, 1.82) is 0 Å². The van der Waals surface area contributed by atoms with E-state index < -0.39 is 22.1 Å². The van der Waals surface area contributed by atoms with Crippen LogP contribution in [0.25, 0.3) is 11.1 Å². The zero-order valence-electron chi connectivity index (χ0n) is 13.6. The van der Waals surface area contributed by atoms with E-state index in [0.717, 1.165) is 11.1 Å². The first-order valence-electron chi connectivity index (χ1n) is 7.63. The zero-order valence-corrected chi connectivity index (χ0v) is 16.7. The summed E-state index contributed by atoms with van der Waals surface area (Å²) in [6.07, 6.45) is 0. The van der Waals surface area contributed by atoms with Gasteiger partial charge < -0.3 is 10.1 Å². The van der Waals surface area contributed by atoms with Crippen molar-refractivity contribution in [3.63, 3.8) is 0 Å². The summed E-state index contributed by atoms with van der Waals surface area (Å²) >= 11 is 20.5. The predicted octanol–water partition coefficient (Wildman–Crippen LogP) is 5.59. The van der Waals surface area contributed by atoms with E-state index in [0.29, 0.717) is 16.3 Å². The van der Waals surface area contributed by atoms with Gasteiger partial charge in [-0.15, -0.1) is 0 Å². The first kappa shape index (κ1) is 20.8. The monoisotopic (exact) mass is 433 g/mol. The second-order valence-corrected chi connectivity index (χ2v) is 7.61. The van der Waals surface area contributed by atoms with E-state index in [4.69, 9.17) is 51.1 Å². The molecule has 1 aliphatic heterocycles. The molecule has 1 heterocycles. The minimum Gasteiger partial charge on any atom is -0.465 e. The van der Waals surface area contributed by atoms with Gasteiger partial charge in [0.05, 0.1) is 6.61 Å². The fourth-order valence-corrected chi connectivity index (χ4v) is 2.83. The minimum atomic E-state index is -1.03. The molecule has 0 radical (unpaired) electrons. The van der Waals surface area contributed by atoms with Crippen molar-refractivity contribution in [2.45, 2.75) is 17.1 Å². The summed E-state index contributed by atoms with van der Waals surface area (Å²) in [5.41, 5.74) is 2.89. The molecule has 0 fully saturated rings. The van der Waals surface area contributed by atoms with Crippen LogP contribution in [0.1, 0.15) is 18.4 Å². The molecular weight excluding hydrogens is 420 g/mol. The van der Waals surface area contributed by atoms with Gasteiger partial charge in [-0.25, -0.2) is 0 Å². The van der Waals surface area contributed by atoms with Gasteiger partial charge in [-0.1, -0.05) is 70.7 Å². The number of anilines is 1. The number of hydrogen-bond acceptors (Lipinski definition) is 3. The number of para-hydroxylation sites is 1. The van der Waals surface area contributed by atoms with Gasteiger partial charge in [-0.05, 0) is 36.2 Å². The van der Waals surface area contributed by atoms with E-state index in [9.17, 15) is 9.59 Å². The Balaban J connectivity index is 0.000000552. The highest BCUT2D eigenvalue weighted by molar-refractivity contribution is 6.63. The van der Waals surface area contributed by atoms with Crippen molar-refractivity contribution in [3.05, 3.63) is 53.1 Å². The SMILES string of the molecule is CCOC(=O)[C@@H]1C(=O)Nc2ccccc2-c2ccc(Cl)cc21.ClC(Cl)Cl. The van der Waals surface area contributed by atoms with Gasteiger partial charge in [0, 0.05) is 16.3 Å². The van der Waals surface area contributed by atoms with Crippen LogP contribution in [0.4, 0.5) is 5.69 Å². The molecule has 2 aromatic rings. The summed E-state index contributed by atoms with van der Waals surface area (Å²) in [6, 6.07) is 12.6. The Morgan fingerprint density at radius 1 is 1.15 bits per heavy atom. The number of ether oxygens (including phenoxy) is 1. The lowest BCUT2D eigenvalue weighted by Gasteiger charge is -2.15. The van der Waals surface area contributed by atoms with Crippen LogP contribution in [0, 0.1) is 0 Å². The summed E-state index contributed by atoms with van der Waals surface area (Å²) in [5, 5.41) is 3.27. The summed E-state index contributed by atoms with van der Waals surface area (Å²) < 4.78 is 4.31. The molecule has 1 aliphatic rings. The van der Waals surface area contributed by atoms with Gasteiger partial charge in [-0.3, -0.25) is 9.59 Å². The lowest BCUT2D eigenvalue weighted by atomic mass is 9.91. The van der Waals surface area contributed by atoms with Crippen molar-refractivity contribution in [3.8, 4) is 11.1 Å². The Morgan fingerprint density at radius 2 is 1.81 bits per heavy atom. The number of carbonyl (C=O) groups excluding carboxylic acids is 2. The topological polar surface area (TPSA) is 55.4 Å². The molecule has 138 valence electrons. The zero-order chi connectivity index (χ0) is 19.3. The number of alkyl halides is 3. The van der Waals surface area contributed by atoms with E-state index in [2.05, 4.69) is 5.32 Å². The Labute approximate surface area is 171 Å². The second kappa shape index (κ2) is 9.47. The van der Waals surface area contributed by atoms with Crippen molar-refractivity contribution in [2.75, 3.05) is 11.9 Å². The van der Waals surface area contributed by atoms with Crippen LogP contribution >= 0.6 is 46.4 Å². The fraction of sp³-hybridized carbons (Fsp3) is 0.222. The van der Waals surface area contributed by atoms with Gasteiger partial charge in [0.2, 0.25) is 5.91 Å². The largest absolute Gasteiger partial charge is 0.465 e. The van der Waals surface area contributed by atoms with Crippen LogP contribution in [-0.2, 0) is 14.3 Å². The lowest BCUT2D eigenvalue weighted by molar-refractivity contribution is -0.147. The summed E-state index contributed by atoms with van der Waals surface area (Å²) in [6.45, 7) is 1.92. The molecule has 8 heteroatoms. The molecule has 26 heavy (non-hydrogen) atoms. The second-order valence-electron chi connectivity index (χ2n) is 5.20. The van der Waals surface area contributed by atoms with E-state index in [1.54, 1.807) is 25.1 Å². The van der Waals surface area contributed by atoms with Crippen molar-refractivity contribution in [1.82, 2.24) is 0 Å². The summed E-state index contributed by atoms with van der Waals surface area (Å²) in [7, 11) is 0. The molecule has 4 nitrogen and oxygen atoms in total. The quantitative estimate of drug-likeness (QED) is 0.380. The number of carbonyl (C=O) groups is 2. The number of benzene rings is 2. The molecule has 0 aliphatic carbocycles.